The first kappa shape index (κ1) is 14.3. The second-order valence-corrected chi connectivity index (χ2v) is 6.04. The van der Waals surface area contributed by atoms with Gasteiger partial charge in [0.25, 0.3) is 0 Å². The normalized spacial score (nSPS) is 20.5. The van der Waals surface area contributed by atoms with Gasteiger partial charge in [0.15, 0.2) is 0 Å². The van der Waals surface area contributed by atoms with Crippen molar-refractivity contribution in [1.29, 1.82) is 0 Å². The Bertz CT molecular complexity index is 425. The van der Waals surface area contributed by atoms with Crippen molar-refractivity contribution in [2.45, 2.75) is 25.3 Å². The van der Waals surface area contributed by atoms with Crippen molar-refractivity contribution >= 4 is 17.2 Å². The van der Waals surface area contributed by atoms with Gasteiger partial charge in [0, 0.05) is 12.5 Å². The molecule has 1 aliphatic carbocycles. The molecule has 4 heteroatoms. The molecule has 0 aliphatic heterocycles. The van der Waals surface area contributed by atoms with E-state index in [1.165, 1.54) is 5.56 Å². The van der Waals surface area contributed by atoms with Crippen LogP contribution in [0, 0.1) is 5.92 Å². The quantitative estimate of drug-likeness (QED) is 0.840. The molecule has 0 unspecified atom stereocenters. The SMILES string of the molecule is CN(C)[C@H](CNC(=O)[C@@H]1CC=CCC1)c1ccsc1. The third-order valence-corrected chi connectivity index (χ3v) is 4.36. The average molecular weight is 278 g/mol. The Morgan fingerprint density at radius 2 is 2.37 bits per heavy atom. The Kier molecular flexibility index (Phi) is 5.16. The fourth-order valence-corrected chi connectivity index (χ4v) is 3.14. The van der Waals surface area contributed by atoms with E-state index in [1.54, 1.807) is 11.3 Å². The van der Waals surface area contributed by atoms with Gasteiger partial charge in [-0.25, -0.2) is 0 Å². The van der Waals surface area contributed by atoms with Crippen molar-refractivity contribution in [1.82, 2.24) is 10.2 Å². The van der Waals surface area contributed by atoms with Crippen LogP contribution in [0.2, 0.25) is 0 Å². The second-order valence-electron chi connectivity index (χ2n) is 5.26. The number of allylic oxidation sites excluding steroid dienone is 2. The number of hydrogen-bond acceptors (Lipinski definition) is 3. The van der Waals surface area contributed by atoms with E-state index in [0.717, 1.165) is 19.3 Å². The summed E-state index contributed by atoms with van der Waals surface area (Å²) in [4.78, 5) is 14.3. The lowest BCUT2D eigenvalue weighted by atomic mass is 9.93. The number of rotatable bonds is 5. The van der Waals surface area contributed by atoms with Gasteiger partial charge in [0.05, 0.1) is 6.04 Å². The van der Waals surface area contributed by atoms with E-state index in [9.17, 15) is 4.79 Å². The second kappa shape index (κ2) is 6.87. The first-order valence-electron chi connectivity index (χ1n) is 6.79. The number of thiophene rings is 1. The molecule has 3 nitrogen and oxygen atoms in total. The molecule has 104 valence electrons. The molecule has 0 fully saturated rings. The van der Waals surface area contributed by atoms with E-state index in [2.05, 4.69) is 53.3 Å². The smallest absolute Gasteiger partial charge is 0.223 e. The maximum atomic E-state index is 12.1. The minimum Gasteiger partial charge on any atom is -0.354 e. The standard InChI is InChI=1S/C15H22N2OS/c1-17(2)14(13-8-9-19-11-13)10-16-15(18)12-6-4-3-5-7-12/h3-4,8-9,11-12,14H,5-7,10H2,1-2H3,(H,16,18)/t12-,14-/m1/s1. The lowest BCUT2D eigenvalue weighted by Gasteiger charge is -2.25. The summed E-state index contributed by atoms with van der Waals surface area (Å²) in [6.45, 7) is 0.683. The van der Waals surface area contributed by atoms with Crippen molar-refractivity contribution in [3.05, 3.63) is 34.5 Å². The van der Waals surface area contributed by atoms with Gasteiger partial charge in [-0.3, -0.25) is 4.79 Å². The third-order valence-electron chi connectivity index (χ3n) is 3.66. The summed E-state index contributed by atoms with van der Waals surface area (Å²) in [5.41, 5.74) is 1.28. The molecular weight excluding hydrogens is 256 g/mol. The zero-order valence-electron chi connectivity index (χ0n) is 11.6. The highest BCUT2D eigenvalue weighted by Crippen LogP contribution is 2.21. The van der Waals surface area contributed by atoms with Gasteiger partial charge in [-0.15, -0.1) is 0 Å². The predicted octanol–water partition coefficient (Wildman–Crippen LogP) is 2.82. The molecule has 0 saturated carbocycles. The fraction of sp³-hybridized carbons (Fsp3) is 0.533. The number of hydrogen-bond donors (Lipinski definition) is 1. The first-order valence-corrected chi connectivity index (χ1v) is 7.74. The first-order chi connectivity index (χ1) is 9.18. The molecule has 2 rings (SSSR count). The molecule has 0 saturated heterocycles. The van der Waals surface area contributed by atoms with E-state index in [0.29, 0.717) is 6.54 Å². The van der Waals surface area contributed by atoms with E-state index < -0.39 is 0 Å². The van der Waals surface area contributed by atoms with Gasteiger partial charge in [-0.2, -0.15) is 11.3 Å². The maximum absolute atomic E-state index is 12.1. The van der Waals surface area contributed by atoms with Gasteiger partial charge in [0.2, 0.25) is 5.91 Å². The lowest BCUT2D eigenvalue weighted by molar-refractivity contribution is -0.125. The van der Waals surface area contributed by atoms with Crippen LogP contribution in [0.5, 0.6) is 0 Å². The summed E-state index contributed by atoms with van der Waals surface area (Å²) in [5.74, 6) is 0.363. The number of carbonyl (C=O) groups excluding carboxylic acids is 1. The molecule has 1 aliphatic rings. The van der Waals surface area contributed by atoms with Crippen LogP contribution in [0.1, 0.15) is 30.9 Å². The Hall–Kier alpha value is -1.13. The van der Waals surface area contributed by atoms with Crippen LogP contribution in [-0.4, -0.2) is 31.4 Å². The van der Waals surface area contributed by atoms with Crippen LogP contribution in [0.15, 0.2) is 29.0 Å². The number of nitrogens with zero attached hydrogens (tertiary/aromatic N) is 1. The largest absolute Gasteiger partial charge is 0.354 e. The summed E-state index contributed by atoms with van der Waals surface area (Å²) in [5, 5.41) is 7.35. The zero-order chi connectivity index (χ0) is 13.7. The highest BCUT2D eigenvalue weighted by Gasteiger charge is 2.21. The van der Waals surface area contributed by atoms with Gasteiger partial charge in [0.1, 0.15) is 0 Å². The minimum atomic E-state index is 0.162. The molecule has 1 aromatic rings. The maximum Gasteiger partial charge on any atom is 0.223 e. The molecule has 1 amide bonds. The summed E-state index contributed by atoms with van der Waals surface area (Å²) >= 11 is 1.70. The van der Waals surface area contributed by atoms with Crippen LogP contribution in [0.4, 0.5) is 0 Å². The van der Waals surface area contributed by atoms with Crippen LogP contribution in [0.3, 0.4) is 0 Å². The number of amides is 1. The monoisotopic (exact) mass is 278 g/mol. The number of likely N-dealkylation sites (N-methyl/N-ethyl adjacent to an activating group) is 1. The van der Waals surface area contributed by atoms with Crippen molar-refractivity contribution in [3.63, 3.8) is 0 Å². The fourth-order valence-electron chi connectivity index (χ4n) is 2.44. The minimum absolute atomic E-state index is 0.162. The molecule has 0 bridgehead atoms. The molecule has 1 aromatic heterocycles. The van der Waals surface area contributed by atoms with Crippen molar-refractivity contribution in [2.24, 2.45) is 5.92 Å². The zero-order valence-corrected chi connectivity index (χ0v) is 12.5. The summed E-state index contributed by atoms with van der Waals surface area (Å²) in [6, 6.07) is 2.39. The van der Waals surface area contributed by atoms with Crippen LogP contribution in [0.25, 0.3) is 0 Å². The Balaban J connectivity index is 1.88. The van der Waals surface area contributed by atoms with E-state index in [-0.39, 0.29) is 17.9 Å². The molecule has 19 heavy (non-hydrogen) atoms. The van der Waals surface area contributed by atoms with Crippen molar-refractivity contribution in [3.8, 4) is 0 Å². The van der Waals surface area contributed by atoms with Crippen molar-refractivity contribution < 1.29 is 4.79 Å². The highest BCUT2D eigenvalue weighted by atomic mass is 32.1. The molecule has 1 N–H and O–H groups in total. The van der Waals surface area contributed by atoms with E-state index >= 15 is 0 Å². The van der Waals surface area contributed by atoms with Crippen LogP contribution < -0.4 is 5.32 Å². The number of carbonyl (C=O) groups is 1. The Morgan fingerprint density at radius 1 is 1.53 bits per heavy atom. The van der Waals surface area contributed by atoms with Crippen LogP contribution in [-0.2, 0) is 4.79 Å². The average Bonchev–Trinajstić information content (AvgIpc) is 2.93. The van der Waals surface area contributed by atoms with Crippen LogP contribution >= 0.6 is 11.3 Å². The van der Waals surface area contributed by atoms with E-state index in [1.807, 2.05) is 0 Å². The van der Waals surface area contributed by atoms with Gasteiger partial charge in [-0.1, -0.05) is 12.2 Å². The summed E-state index contributed by atoms with van der Waals surface area (Å²) in [7, 11) is 4.11. The van der Waals surface area contributed by atoms with Gasteiger partial charge in [-0.05, 0) is 55.7 Å². The molecule has 2 atom stereocenters. The molecular formula is C15H22N2OS. The molecule has 0 spiro atoms. The third kappa shape index (κ3) is 3.91. The Morgan fingerprint density at radius 3 is 2.95 bits per heavy atom. The lowest BCUT2D eigenvalue weighted by Crippen LogP contribution is -2.37. The van der Waals surface area contributed by atoms with Gasteiger partial charge < -0.3 is 10.2 Å². The summed E-state index contributed by atoms with van der Waals surface area (Å²) in [6.07, 6.45) is 7.18. The topological polar surface area (TPSA) is 32.3 Å². The van der Waals surface area contributed by atoms with E-state index in [4.69, 9.17) is 0 Å². The van der Waals surface area contributed by atoms with Gasteiger partial charge >= 0.3 is 0 Å². The molecule has 1 heterocycles. The Labute approximate surface area is 119 Å². The molecule has 0 radical (unpaired) electrons. The highest BCUT2D eigenvalue weighted by molar-refractivity contribution is 7.07. The number of nitrogens with one attached hydrogen (secondary N) is 1. The predicted molar refractivity (Wildman–Crippen MR) is 80.2 cm³/mol. The van der Waals surface area contributed by atoms with Crippen molar-refractivity contribution in [2.75, 3.05) is 20.6 Å². The summed E-state index contributed by atoms with van der Waals surface area (Å²) < 4.78 is 0. The molecule has 0 aromatic carbocycles.